The second-order valence-electron chi connectivity index (χ2n) is 9.55. The maximum Gasteiger partial charge on any atom is 0.408 e. The van der Waals surface area contributed by atoms with Crippen molar-refractivity contribution in [2.75, 3.05) is 7.11 Å². The molecule has 3 rings (SSSR count). The number of benzene rings is 2. The average molecular weight is 454 g/mol. The second kappa shape index (κ2) is 11.2. The summed E-state index contributed by atoms with van der Waals surface area (Å²) in [4.78, 5) is 24.6. The minimum absolute atomic E-state index is 0.310. The minimum Gasteiger partial charge on any atom is -0.489 e. The van der Waals surface area contributed by atoms with E-state index in [0.717, 1.165) is 29.7 Å². The van der Waals surface area contributed by atoms with E-state index in [9.17, 15) is 9.59 Å². The third kappa shape index (κ3) is 7.52. The second-order valence-corrected chi connectivity index (χ2v) is 9.55. The van der Waals surface area contributed by atoms with Gasteiger partial charge in [0.1, 0.15) is 24.0 Å². The Morgan fingerprint density at radius 1 is 1.03 bits per heavy atom. The molecule has 1 atom stereocenters. The van der Waals surface area contributed by atoms with Gasteiger partial charge in [0.2, 0.25) is 0 Å². The molecule has 33 heavy (non-hydrogen) atoms. The first-order valence-electron chi connectivity index (χ1n) is 11.6. The lowest BCUT2D eigenvalue weighted by molar-refractivity contribution is -0.143. The highest BCUT2D eigenvalue weighted by molar-refractivity contribution is 5.81. The van der Waals surface area contributed by atoms with Crippen molar-refractivity contribution in [1.82, 2.24) is 5.32 Å². The van der Waals surface area contributed by atoms with E-state index >= 15 is 0 Å². The van der Waals surface area contributed by atoms with E-state index in [-0.39, 0.29) is 0 Å². The van der Waals surface area contributed by atoms with Gasteiger partial charge >= 0.3 is 12.1 Å². The summed E-state index contributed by atoms with van der Waals surface area (Å²) in [6, 6.07) is 15.3. The molecule has 0 unspecified atom stereocenters. The molecule has 0 radical (unpaired) electrons. The van der Waals surface area contributed by atoms with Crippen LogP contribution < -0.4 is 10.1 Å². The maximum atomic E-state index is 12.4. The Hall–Kier alpha value is -3.02. The van der Waals surface area contributed by atoms with Crippen LogP contribution in [0.15, 0.2) is 48.5 Å². The molecule has 0 aromatic heterocycles. The summed E-state index contributed by atoms with van der Waals surface area (Å²) in [5.41, 5.74) is 2.57. The van der Waals surface area contributed by atoms with E-state index in [1.54, 1.807) is 20.8 Å². The number of nitrogens with one attached hydrogen (secondary N) is 1. The summed E-state index contributed by atoms with van der Waals surface area (Å²) in [6.45, 7) is 5.84. The number of carbonyl (C=O) groups excluding carboxylic acids is 2. The molecular formula is C27H35NO5. The number of methoxy groups -OCH3 is 1. The van der Waals surface area contributed by atoms with Crippen molar-refractivity contribution < 1.29 is 23.8 Å². The first kappa shape index (κ1) is 24.6. The van der Waals surface area contributed by atoms with Crippen molar-refractivity contribution in [3.63, 3.8) is 0 Å². The maximum absolute atomic E-state index is 12.4. The summed E-state index contributed by atoms with van der Waals surface area (Å²) in [6.07, 6.45) is 4.33. The molecule has 0 heterocycles. The van der Waals surface area contributed by atoms with Crippen molar-refractivity contribution in [2.45, 2.75) is 77.0 Å². The van der Waals surface area contributed by atoms with Crippen LogP contribution in [-0.4, -0.2) is 30.8 Å². The Kier molecular flexibility index (Phi) is 8.37. The van der Waals surface area contributed by atoms with Crippen molar-refractivity contribution in [3.8, 4) is 5.75 Å². The van der Waals surface area contributed by atoms with Crippen LogP contribution in [0.2, 0.25) is 0 Å². The van der Waals surface area contributed by atoms with Crippen molar-refractivity contribution in [3.05, 3.63) is 65.2 Å². The molecule has 1 amide bonds. The molecule has 0 aliphatic heterocycles. The fourth-order valence-electron chi connectivity index (χ4n) is 4.17. The number of carbonyl (C=O) groups is 2. The Morgan fingerprint density at radius 2 is 1.73 bits per heavy atom. The molecule has 2 aromatic carbocycles. The molecule has 1 saturated carbocycles. The zero-order chi connectivity index (χ0) is 23.8. The lowest BCUT2D eigenvalue weighted by Crippen LogP contribution is -2.45. The summed E-state index contributed by atoms with van der Waals surface area (Å²) in [5, 5.41) is 2.66. The standard InChI is InChI=1S/C27H35NO5/c1-27(2,3)33-26(30)28-23(25(29)31-4)17-20-14-15-24(22(16-20)21-12-8-9-13-21)32-18-19-10-6-5-7-11-19/h5-7,10-11,14-16,21,23H,8-9,12-13,17-18H2,1-4H3,(H,28,30)/t23-/m0/s1. The van der Waals surface area contributed by atoms with Crippen LogP contribution in [0.1, 0.15) is 69.1 Å². The number of esters is 1. The van der Waals surface area contributed by atoms with Gasteiger partial charge in [-0.25, -0.2) is 9.59 Å². The van der Waals surface area contributed by atoms with Gasteiger partial charge in [-0.3, -0.25) is 0 Å². The monoisotopic (exact) mass is 453 g/mol. The van der Waals surface area contributed by atoms with Gasteiger partial charge in [-0.2, -0.15) is 0 Å². The zero-order valence-electron chi connectivity index (χ0n) is 20.1. The predicted octanol–water partition coefficient (Wildman–Crippen LogP) is 5.53. The van der Waals surface area contributed by atoms with Gasteiger partial charge in [-0.15, -0.1) is 0 Å². The highest BCUT2D eigenvalue weighted by Crippen LogP contribution is 2.39. The third-order valence-electron chi connectivity index (χ3n) is 5.72. The van der Waals surface area contributed by atoms with E-state index in [0.29, 0.717) is 18.9 Å². The van der Waals surface area contributed by atoms with Crippen LogP contribution in [0, 0.1) is 0 Å². The van der Waals surface area contributed by atoms with Crippen LogP contribution in [-0.2, 0) is 27.3 Å². The summed E-state index contributed by atoms with van der Waals surface area (Å²) in [5.74, 6) is 0.808. The quantitative estimate of drug-likeness (QED) is 0.532. The predicted molar refractivity (Wildman–Crippen MR) is 127 cm³/mol. The van der Waals surface area contributed by atoms with Crippen molar-refractivity contribution in [1.29, 1.82) is 0 Å². The van der Waals surface area contributed by atoms with Gasteiger partial charge in [0.05, 0.1) is 7.11 Å². The van der Waals surface area contributed by atoms with E-state index in [2.05, 4.69) is 11.4 Å². The Bertz CT molecular complexity index is 929. The molecule has 0 saturated heterocycles. The highest BCUT2D eigenvalue weighted by Gasteiger charge is 2.27. The Balaban J connectivity index is 1.78. The summed E-state index contributed by atoms with van der Waals surface area (Å²) < 4.78 is 16.4. The van der Waals surface area contributed by atoms with Crippen molar-refractivity contribution >= 4 is 12.1 Å². The molecule has 2 aromatic rings. The molecule has 1 aliphatic carbocycles. The van der Waals surface area contributed by atoms with E-state index < -0.39 is 23.7 Å². The zero-order valence-corrected chi connectivity index (χ0v) is 20.1. The van der Waals surface area contributed by atoms with E-state index in [4.69, 9.17) is 14.2 Å². The number of hydrogen-bond donors (Lipinski definition) is 1. The lowest BCUT2D eigenvalue weighted by Gasteiger charge is -2.23. The van der Waals surface area contributed by atoms with Crippen LogP contribution in [0.5, 0.6) is 5.75 Å². The van der Waals surface area contributed by atoms with Gasteiger partial charge in [0.25, 0.3) is 0 Å². The largest absolute Gasteiger partial charge is 0.489 e. The first-order valence-corrected chi connectivity index (χ1v) is 11.6. The minimum atomic E-state index is -0.836. The van der Waals surface area contributed by atoms with Gasteiger partial charge < -0.3 is 19.5 Å². The van der Waals surface area contributed by atoms with Gasteiger partial charge in [-0.1, -0.05) is 55.3 Å². The van der Waals surface area contributed by atoms with Gasteiger partial charge in [0.15, 0.2) is 0 Å². The molecule has 1 aliphatic rings. The van der Waals surface area contributed by atoms with Crippen molar-refractivity contribution in [2.24, 2.45) is 0 Å². The number of hydrogen-bond acceptors (Lipinski definition) is 5. The molecule has 1 N–H and O–H groups in total. The number of ether oxygens (including phenoxy) is 3. The molecule has 1 fully saturated rings. The topological polar surface area (TPSA) is 73.9 Å². The number of amides is 1. The Labute approximate surface area is 196 Å². The molecular weight excluding hydrogens is 418 g/mol. The molecule has 0 spiro atoms. The third-order valence-corrected chi connectivity index (χ3v) is 5.72. The summed E-state index contributed by atoms with van der Waals surface area (Å²) >= 11 is 0. The highest BCUT2D eigenvalue weighted by atomic mass is 16.6. The normalized spacial score (nSPS) is 15.0. The smallest absolute Gasteiger partial charge is 0.408 e. The van der Waals surface area contributed by atoms with Crippen LogP contribution in [0.3, 0.4) is 0 Å². The molecule has 178 valence electrons. The number of rotatable bonds is 8. The van der Waals surface area contributed by atoms with Crippen LogP contribution >= 0.6 is 0 Å². The summed E-state index contributed by atoms with van der Waals surface area (Å²) in [7, 11) is 1.32. The fraction of sp³-hybridized carbons (Fsp3) is 0.481. The lowest BCUT2D eigenvalue weighted by atomic mass is 9.93. The van der Waals surface area contributed by atoms with E-state index in [1.807, 2.05) is 42.5 Å². The Morgan fingerprint density at radius 3 is 2.36 bits per heavy atom. The number of alkyl carbamates (subject to hydrolysis) is 1. The molecule has 0 bridgehead atoms. The van der Waals surface area contributed by atoms with Crippen LogP contribution in [0.4, 0.5) is 4.79 Å². The SMILES string of the molecule is COC(=O)[C@H](Cc1ccc(OCc2ccccc2)c(C2CCCC2)c1)NC(=O)OC(C)(C)C. The molecule has 6 heteroatoms. The van der Waals surface area contributed by atoms with E-state index in [1.165, 1.54) is 25.5 Å². The van der Waals surface area contributed by atoms with Gasteiger partial charge in [-0.05, 0) is 62.3 Å². The average Bonchev–Trinajstić information content (AvgIpc) is 3.31. The molecule has 6 nitrogen and oxygen atoms in total. The first-order chi connectivity index (χ1) is 15.7. The van der Waals surface area contributed by atoms with Crippen LogP contribution in [0.25, 0.3) is 0 Å². The fourth-order valence-corrected chi connectivity index (χ4v) is 4.17. The van der Waals surface area contributed by atoms with Gasteiger partial charge in [0, 0.05) is 6.42 Å².